The van der Waals surface area contributed by atoms with Crippen molar-refractivity contribution >= 4 is 23.9 Å². The van der Waals surface area contributed by atoms with Gasteiger partial charge in [0.1, 0.15) is 0 Å². The van der Waals surface area contributed by atoms with Crippen LogP contribution in [-0.4, -0.2) is 211 Å². The maximum atomic E-state index is 10.0. The molecule has 27 heteroatoms. The first-order valence-electron chi connectivity index (χ1n) is 21.5. The van der Waals surface area contributed by atoms with E-state index in [0.29, 0.717) is 0 Å². The molecule has 26 nitrogen and oxygen atoms in total. The van der Waals surface area contributed by atoms with E-state index in [9.17, 15) is 39.6 Å². The Morgan fingerprint density at radius 3 is 0.507 bits per heavy atom. The number of aromatic carboxylic acids is 4. The predicted molar refractivity (Wildman–Crippen MR) is 258 cm³/mol. The van der Waals surface area contributed by atoms with Gasteiger partial charge in [-0.3, -0.25) is 0 Å². The zero-order valence-corrected chi connectivity index (χ0v) is 45.6. The van der Waals surface area contributed by atoms with Crippen molar-refractivity contribution in [2.45, 2.75) is 111 Å². The normalized spacial score (nSPS) is 9.28. The molecule has 0 fully saturated rings. The van der Waals surface area contributed by atoms with E-state index in [-0.39, 0.29) is 71.8 Å². The van der Waals surface area contributed by atoms with Gasteiger partial charge in [-0.15, -0.1) is 0 Å². The summed E-state index contributed by atoms with van der Waals surface area (Å²) in [5, 5.41) is 52.1. The van der Waals surface area contributed by atoms with Crippen molar-refractivity contribution in [1.82, 2.24) is 20.4 Å². The van der Waals surface area contributed by atoms with Crippen LogP contribution < -0.4 is 30.6 Å². The van der Waals surface area contributed by atoms with Crippen LogP contribution in [0.4, 0.5) is 0 Å². The van der Waals surface area contributed by atoms with Gasteiger partial charge in [-0.25, -0.2) is 0 Å². The van der Waals surface area contributed by atoms with E-state index in [0.717, 1.165) is 12.1 Å². The van der Waals surface area contributed by atoms with Gasteiger partial charge in [0.25, 0.3) is 0 Å². The number of quaternary nitrogens is 4. The second-order valence-electron chi connectivity index (χ2n) is 13.8. The molecule has 2 heterocycles. The monoisotopic (exact) mass is 1070 g/mol. The molecule has 2 aromatic heterocycles. The van der Waals surface area contributed by atoms with Crippen LogP contribution in [0.15, 0.2) is 12.1 Å². The number of carboxylic acid groups (broad SMARTS) is 4. The molecule has 0 aliphatic carbocycles. The van der Waals surface area contributed by atoms with Crippen molar-refractivity contribution < 1.29 is 129 Å². The number of carbonyl (C=O) groups is 4. The minimum atomic E-state index is -1.56. The molecule has 0 aliphatic rings. The predicted octanol–water partition coefficient (Wildman–Crippen LogP) is -7.19. The standard InChI is InChI=1S/4C8H20N.2C5H4N2O4.Cu.10H2O/c4*1-5-9(6-2,7-3)8-4;2*8-4(9)2-1-3(5(10)11)7-6-2;;;;;;;;;;;/h4*5-8H2,1-4H3;2*1H,(H3,6,7,8,9,10,11);;10*1H2/q4*+1;;;+2;;;;;;;;;;/p-6. The van der Waals surface area contributed by atoms with Crippen LogP contribution in [0.5, 0.6) is 0 Å². The summed E-state index contributed by atoms with van der Waals surface area (Å²) in [5.41, 5.74) is -2.04. The fraction of sp³-hybridized carbons (Fsp3) is 0.762. The van der Waals surface area contributed by atoms with Crippen molar-refractivity contribution in [2.24, 2.45) is 0 Å². The summed E-state index contributed by atoms with van der Waals surface area (Å²) >= 11 is 0. The van der Waals surface area contributed by atoms with Crippen molar-refractivity contribution in [1.29, 1.82) is 0 Å². The molecule has 0 aliphatic heterocycles. The summed E-state index contributed by atoms with van der Waals surface area (Å²) in [7, 11) is 0. The van der Waals surface area contributed by atoms with Crippen molar-refractivity contribution in [3.8, 4) is 0 Å². The molecule has 2 aromatic rings. The molecule has 0 amide bonds. The average Bonchev–Trinajstić information content (AvgIpc) is 3.96. The number of hydrogen-bond acceptors (Lipinski definition) is 10. The van der Waals surface area contributed by atoms with E-state index in [1.165, 1.54) is 123 Å². The van der Waals surface area contributed by atoms with Crippen LogP contribution in [0.1, 0.15) is 153 Å². The van der Waals surface area contributed by atoms with Gasteiger partial charge < -0.3 is 133 Å². The van der Waals surface area contributed by atoms with Crippen molar-refractivity contribution in [2.75, 3.05) is 105 Å². The maximum Gasteiger partial charge on any atom is 2.00 e. The second-order valence-corrected chi connectivity index (χ2v) is 13.8. The molecule has 0 saturated carbocycles. The van der Waals surface area contributed by atoms with E-state index >= 15 is 0 Å². The van der Waals surface area contributed by atoms with Crippen LogP contribution in [0.25, 0.3) is 0 Å². The summed E-state index contributed by atoms with van der Waals surface area (Å²) in [6.07, 6.45) is 0. The van der Waals surface area contributed by atoms with Gasteiger partial charge in [0.15, 0.2) is 0 Å². The first kappa shape index (κ1) is 107. The Bertz CT molecular complexity index is 1120. The number of nitrogens with zero attached hydrogens (tertiary/aromatic N) is 8. The summed E-state index contributed by atoms with van der Waals surface area (Å²) < 4.78 is 5.11. The van der Waals surface area contributed by atoms with Gasteiger partial charge in [0.05, 0.1) is 140 Å². The summed E-state index contributed by atoms with van der Waals surface area (Å²) in [5.74, 6) is -6.26. The quantitative estimate of drug-likeness (QED) is 0.0882. The molecule has 20 N–H and O–H groups in total. The number of aromatic nitrogens is 4. The third kappa shape index (κ3) is 40.7. The maximum absolute atomic E-state index is 10.0. The molecular weight excluding hydrogens is 968 g/mol. The average molecular weight is 1070 g/mol. The van der Waals surface area contributed by atoms with Crippen molar-refractivity contribution in [3.05, 3.63) is 34.9 Å². The van der Waals surface area contributed by atoms with Crippen LogP contribution in [0, 0.1) is 0 Å². The molecule has 0 bridgehead atoms. The molecule has 2 rings (SSSR count). The molecule has 0 saturated heterocycles. The van der Waals surface area contributed by atoms with Crippen LogP contribution >= 0.6 is 0 Å². The summed E-state index contributed by atoms with van der Waals surface area (Å²) in [4.78, 5) is 40.0. The number of hydrogen-bond donors (Lipinski definition) is 0. The Hall–Kier alpha value is -3.74. The van der Waals surface area contributed by atoms with E-state index in [1.54, 1.807) is 0 Å². The van der Waals surface area contributed by atoms with E-state index in [2.05, 4.69) is 131 Å². The minimum absolute atomic E-state index is 0. The Kier molecular flexibility index (Phi) is 90.6. The molecule has 0 spiro atoms. The number of carbonyl (C=O) groups excluding carboxylic acids is 4. The summed E-state index contributed by atoms with van der Waals surface area (Å²) in [6.45, 7) is 56.9. The van der Waals surface area contributed by atoms with Gasteiger partial charge in [-0.2, -0.15) is 0 Å². The first-order chi connectivity index (χ1) is 27.2. The fourth-order valence-corrected chi connectivity index (χ4v) is 6.36. The van der Waals surface area contributed by atoms with Crippen molar-refractivity contribution in [3.63, 3.8) is 0 Å². The molecule has 0 unspecified atom stereocenters. The van der Waals surface area contributed by atoms with Crippen LogP contribution in [0.2, 0.25) is 0 Å². The topological polar surface area (TPSA) is 530 Å². The zero-order chi connectivity index (χ0) is 46.2. The third-order valence-corrected chi connectivity index (χ3v) is 12.6. The smallest absolute Gasteiger partial charge is 0.573 e. The van der Waals surface area contributed by atoms with Gasteiger partial charge in [-0.05, 0) is 123 Å². The Morgan fingerprint density at radius 1 is 0.333 bits per heavy atom. The molecular formula is C42H102CuN8O18. The first-order valence-corrected chi connectivity index (χ1v) is 21.5. The minimum Gasteiger partial charge on any atom is -0.573 e. The Morgan fingerprint density at radius 2 is 0.464 bits per heavy atom. The third-order valence-electron chi connectivity index (χ3n) is 12.6. The molecule has 69 heavy (non-hydrogen) atoms. The fourth-order valence-electron chi connectivity index (χ4n) is 6.36. The Balaban J connectivity index is -0.0000000379. The van der Waals surface area contributed by atoms with E-state index < -0.39 is 46.7 Å². The molecule has 0 atom stereocenters. The largest absolute Gasteiger partial charge is 2.00 e. The van der Waals surface area contributed by atoms with E-state index in [4.69, 9.17) is 0 Å². The van der Waals surface area contributed by atoms with Crippen LogP contribution in [-0.2, 0) is 17.1 Å². The summed E-state index contributed by atoms with van der Waals surface area (Å²) in [6, 6.07) is 1.54. The molecule has 429 valence electrons. The number of carboxylic acids is 4. The number of rotatable bonds is 20. The Labute approximate surface area is 423 Å². The van der Waals surface area contributed by atoms with Gasteiger partial charge >= 0.3 is 17.1 Å². The second kappa shape index (κ2) is 58.6. The molecule has 0 aromatic carbocycles. The van der Waals surface area contributed by atoms with Crippen LogP contribution in [0.3, 0.4) is 0 Å². The van der Waals surface area contributed by atoms with Gasteiger partial charge in [0.2, 0.25) is 0 Å². The SMILES string of the molecule is CC[N+](CC)(CC)CC.CC[N+](CC)(CC)CC.CC[N+](CC)(CC)CC.CC[N+](CC)(CC)CC.O.O.O.O.O.O.O.O.O.O.O=C([O-])c1cc(C(=O)[O-])[n-]n1.O=C([O-])c1cc(C(=O)[O-])[n-]n1.[Cu+2]. The molecule has 1 radical (unpaired) electrons. The van der Waals surface area contributed by atoms with Gasteiger partial charge in [-0.1, -0.05) is 11.4 Å². The van der Waals surface area contributed by atoms with Gasteiger partial charge in [0, 0.05) is 0 Å². The zero-order valence-electron chi connectivity index (χ0n) is 44.6. The van der Waals surface area contributed by atoms with E-state index in [1.807, 2.05) is 0 Å².